The second-order valence-electron chi connectivity index (χ2n) is 3.95. The Hall–Kier alpha value is -1.55. The summed E-state index contributed by atoms with van der Waals surface area (Å²) in [4.78, 5) is 13.3. The number of carbonyl (C=O) groups excluding carboxylic acids is 1. The third kappa shape index (κ3) is 2.33. The number of aryl methyl sites for hydroxylation is 1. The van der Waals surface area contributed by atoms with Gasteiger partial charge in [-0.05, 0) is 37.1 Å². The van der Waals surface area contributed by atoms with E-state index in [0.29, 0.717) is 6.54 Å². The highest BCUT2D eigenvalue weighted by molar-refractivity contribution is 5.94. The van der Waals surface area contributed by atoms with E-state index in [2.05, 4.69) is 17.4 Å². The maximum atomic E-state index is 11.5. The number of amides is 2. The van der Waals surface area contributed by atoms with E-state index in [9.17, 15) is 4.79 Å². The van der Waals surface area contributed by atoms with Crippen LogP contribution in [0.3, 0.4) is 0 Å². The number of hydrogen-bond acceptors (Lipinski definition) is 2. The predicted octanol–water partition coefficient (Wildman–Crippen LogP) is 1.11. The zero-order valence-electron chi connectivity index (χ0n) is 9.28. The van der Waals surface area contributed by atoms with Gasteiger partial charge in [0.15, 0.2) is 0 Å². The summed E-state index contributed by atoms with van der Waals surface area (Å²) < 4.78 is 0. The van der Waals surface area contributed by atoms with Gasteiger partial charge in [-0.3, -0.25) is 4.90 Å². The van der Waals surface area contributed by atoms with Gasteiger partial charge >= 0.3 is 6.03 Å². The maximum absolute atomic E-state index is 11.5. The molecule has 0 aliphatic carbocycles. The molecular weight excluding hydrogens is 202 g/mol. The van der Waals surface area contributed by atoms with Crippen molar-refractivity contribution in [2.24, 2.45) is 5.73 Å². The third-order valence-corrected chi connectivity index (χ3v) is 2.75. The number of anilines is 1. The van der Waals surface area contributed by atoms with Crippen LogP contribution in [0.1, 0.15) is 12.0 Å². The summed E-state index contributed by atoms with van der Waals surface area (Å²) in [5.74, 6) is 0. The molecular formula is C12H17N3O. The Morgan fingerprint density at radius 2 is 2.31 bits per heavy atom. The van der Waals surface area contributed by atoms with Gasteiger partial charge in [0.1, 0.15) is 0 Å². The highest BCUT2D eigenvalue weighted by atomic mass is 16.2. The molecule has 0 atom stereocenters. The van der Waals surface area contributed by atoms with Crippen molar-refractivity contribution in [3.63, 3.8) is 0 Å². The molecule has 0 aromatic heterocycles. The second kappa shape index (κ2) is 4.99. The number of nitrogens with two attached hydrogens (primary N) is 1. The minimum absolute atomic E-state index is 0.00373. The van der Waals surface area contributed by atoms with Crippen molar-refractivity contribution >= 4 is 11.7 Å². The third-order valence-electron chi connectivity index (χ3n) is 2.75. The van der Waals surface area contributed by atoms with E-state index in [4.69, 9.17) is 5.73 Å². The van der Waals surface area contributed by atoms with E-state index in [-0.39, 0.29) is 6.03 Å². The molecule has 86 valence electrons. The molecule has 1 aliphatic rings. The predicted molar refractivity (Wildman–Crippen MR) is 64.6 cm³/mol. The van der Waals surface area contributed by atoms with Crippen LogP contribution in [0.4, 0.5) is 10.5 Å². The molecule has 0 unspecified atom stereocenters. The van der Waals surface area contributed by atoms with Crippen molar-refractivity contribution in [2.75, 3.05) is 24.5 Å². The molecule has 4 heteroatoms. The van der Waals surface area contributed by atoms with Crippen LogP contribution in [0.2, 0.25) is 0 Å². The van der Waals surface area contributed by atoms with Gasteiger partial charge in [0.25, 0.3) is 0 Å². The number of rotatable bonds is 4. The summed E-state index contributed by atoms with van der Waals surface area (Å²) in [6, 6.07) is 8.10. The van der Waals surface area contributed by atoms with Crippen LogP contribution in [-0.2, 0) is 6.42 Å². The normalized spacial score (nSPS) is 15.3. The van der Waals surface area contributed by atoms with Crippen LogP contribution in [-0.4, -0.2) is 25.7 Å². The molecule has 4 nitrogen and oxygen atoms in total. The molecule has 2 rings (SSSR count). The fraction of sp³-hybridized carbons (Fsp3) is 0.417. The Bertz CT molecular complexity index is 378. The first-order chi connectivity index (χ1) is 7.81. The van der Waals surface area contributed by atoms with E-state index in [1.54, 1.807) is 4.90 Å². The topological polar surface area (TPSA) is 58.4 Å². The lowest BCUT2D eigenvalue weighted by Gasteiger charge is -2.15. The standard InChI is InChI=1S/C12H17N3O/c13-6-2-4-10-3-1-5-11(9-10)15-8-7-14-12(15)16/h1,3,5,9H,2,4,6-8,13H2,(H,14,16). The zero-order valence-corrected chi connectivity index (χ0v) is 9.28. The fourth-order valence-electron chi connectivity index (χ4n) is 1.90. The van der Waals surface area contributed by atoms with Crippen molar-refractivity contribution < 1.29 is 4.79 Å². The molecule has 1 aromatic rings. The van der Waals surface area contributed by atoms with Crippen LogP contribution in [0.15, 0.2) is 24.3 Å². The molecule has 0 saturated carbocycles. The average Bonchev–Trinajstić information content (AvgIpc) is 2.73. The van der Waals surface area contributed by atoms with E-state index in [1.807, 2.05) is 12.1 Å². The summed E-state index contributed by atoms with van der Waals surface area (Å²) >= 11 is 0. The Labute approximate surface area is 95.4 Å². The Kier molecular flexibility index (Phi) is 3.41. The lowest BCUT2D eigenvalue weighted by atomic mass is 10.1. The smallest absolute Gasteiger partial charge is 0.321 e. The van der Waals surface area contributed by atoms with Crippen molar-refractivity contribution in [3.05, 3.63) is 29.8 Å². The molecule has 16 heavy (non-hydrogen) atoms. The Morgan fingerprint density at radius 1 is 1.44 bits per heavy atom. The van der Waals surface area contributed by atoms with Gasteiger partial charge in [0, 0.05) is 18.8 Å². The van der Waals surface area contributed by atoms with E-state index < -0.39 is 0 Å². The Morgan fingerprint density at radius 3 is 3.00 bits per heavy atom. The van der Waals surface area contributed by atoms with Crippen molar-refractivity contribution in [3.8, 4) is 0 Å². The number of nitrogens with one attached hydrogen (secondary N) is 1. The van der Waals surface area contributed by atoms with Gasteiger partial charge in [-0.1, -0.05) is 12.1 Å². The largest absolute Gasteiger partial charge is 0.336 e. The first-order valence-electron chi connectivity index (χ1n) is 5.65. The molecule has 3 N–H and O–H groups in total. The van der Waals surface area contributed by atoms with Crippen molar-refractivity contribution in [1.29, 1.82) is 0 Å². The summed E-state index contributed by atoms with van der Waals surface area (Å²) in [5, 5.41) is 2.80. The highest BCUT2D eigenvalue weighted by Crippen LogP contribution is 2.18. The fourth-order valence-corrected chi connectivity index (χ4v) is 1.90. The van der Waals surface area contributed by atoms with Gasteiger partial charge in [-0.25, -0.2) is 4.79 Å². The molecule has 1 aliphatic heterocycles. The summed E-state index contributed by atoms with van der Waals surface area (Å²) in [6.07, 6.45) is 1.95. The van der Waals surface area contributed by atoms with Gasteiger partial charge in [0.2, 0.25) is 0 Å². The first-order valence-corrected chi connectivity index (χ1v) is 5.65. The van der Waals surface area contributed by atoms with E-state index in [0.717, 1.165) is 31.6 Å². The molecule has 0 spiro atoms. The SMILES string of the molecule is NCCCc1cccc(N2CCNC2=O)c1. The number of benzene rings is 1. The van der Waals surface area contributed by atoms with Crippen LogP contribution in [0, 0.1) is 0 Å². The molecule has 1 saturated heterocycles. The summed E-state index contributed by atoms with van der Waals surface area (Å²) in [6.45, 7) is 2.18. The minimum atomic E-state index is -0.00373. The second-order valence-corrected chi connectivity index (χ2v) is 3.95. The van der Waals surface area contributed by atoms with Crippen LogP contribution < -0.4 is 16.0 Å². The van der Waals surface area contributed by atoms with Gasteiger partial charge in [0.05, 0.1) is 0 Å². The number of hydrogen-bond donors (Lipinski definition) is 2. The van der Waals surface area contributed by atoms with Crippen molar-refractivity contribution in [2.45, 2.75) is 12.8 Å². The molecule has 2 amide bonds. The number of urea groups is 1. The first kappa shape index (κ1) is 11.0. The number of carbonyl (C=O) groups is 1. The molecule has 0 radical (unpaired) electrons. The maximum Gasteiger partial charge on any atom is 0.321 e. The number of nitrogens with zero attached hydrogens (tertiary/aromatic N) is 1. The highest BCUT2D eigenvalue weighted by Gasteiger charge is 2.20. The Balaban J connectivity index is 2.12. The minimum Gasteiger partial charge on any atom is -0.336 e. The van der Waals surface area contributed by atoms with Crippen LogP contribution >= 0.6 is 0 Å². The van der Waals surface area contributed by atoms with Crippen molar-refractivity contribution in [1.82, 2.24) is 5.32 Å². The lowest BCUT2D eigenvalue weighted by molar-refractivity contribution is 0.252. The molecule has 1 fully saturated rings. The summed E-state index contributed by atoms with van der Waals surface area (Å²) in [7, 11) is 0. The van der Waals surface area contributed by atoms with Crippen LogP contribution in [0.5, 0.6) is 0 Å². The summed E-state index contributed by atoms with van der Waals surface area (Å²) in [5.41, 5.74) is 7.70. The van der Waals surface area contributed by atoms with Gasteiger partial charge < -0.3 is 11.1 Å². The molecule has 1 heterocycles. The molecule has 0 bridgehead atoms. The van der Waals surface area contributed by atoms with Crippen LogP contribution in [0.25, 0.3) is 0 Å². The average molecular weight is 219 g/mol. The van der Waals surface area contributed by atoms with E-state index in [1.165, 1.54) is 5.56 Å². The molecule has 1 aromatic carbocycles. The van der Waals surface area contributed by atoms with Gasteiger partial charge in [-0.15, -0.1) is 0 Å². The lowest BCUT2D eigenvalue weighted by Crippen LogP contribution is -2.27. The zero-order chi connectivity index (χ0) is 11.4. The quantitative estimate of drug-likeness (QED) is 0.797. The van der Waals surface area contributed by atoms with Gasteiger partial charge in [-0.2, -0.15) is 0 Å². The monoisotopic (exact) mass is 219 g/mol. The van der Waals surface area contributed by atoms with E-state index >= 15 is 0 Å².